The van der Waals surface area contributed by atoms with Gasteiger partial charge in [0.05, 0.1) is 0 Å². The Labute approximate surface area is 683 Å². The summed E-state index contributed by atoms with van der Waals surface area (Å²) in [7, 11) is 0. The van der Waals surface area contributed by atoms with Crippen molar-refractivity contribution in [3.05, 3.63) is 61.0 Å². The molecule has 106 heavy (non-hydrogen) atoms. The van der Waals surface area contributed by atoms with E-state index in [2.05, 4.69) is 178 Å². The van der Waals surface area contributed by atoms with Crippen LogP contribution < -0.4 is 10.6 Å². The predicted octanol–water partition coefficient (Wildman–Crippen LogP) is 35.5. The number of anilines is 4. The van der Waals surface area contributed by atoms with Gasteiger partial charge < -0.3 is 10.6 Å². The second-order valence-electron chi connectivity index (χ2n) is 31.3. The van der Waals surface area contributed by atoms with Crippen molar-refractivity contribution in [1.82, 2.24) is 15.0 Å². The maximum Gasteiger partial charge on any atom is 0.232 e. The van der Waals surface area contributed by atoms with Gasteiger partial charge >= 0.3 is 0 Å². The zero-order chi connectivity index (χ0) is 75.3. The highest BCUT2D eigenvalue weighted by atomic mass is 32.2. The van der Waals surface area contributed by atoms with Crippen LogP contribution in [-0.2, 0) is 6.42 Å². The van der Waals surface area contributed by atoms with Gasteiger partial charge in [0.25, 0.3) is 0 Å². The number of rotatable bonds is 78. The van der Waals surface area contributed by atoms with Crippen LogP contribution in [0.5, 0.6) is 0 Å². The molecule has 5 nitrogen and oxygen atoms in total. The van der Waals surface area contributed by atoms with Gasteiger partial charge in [-0.1, -0.05) is 413 Å². The van der Waals surface area contributed by atoms with E-state index in [0.717, 1.165) is 46.4 Å². The average molecular weight is 1570 g/mol. The van der Waals surface area contributed by atoms with E-state index in [1.807, 2.05) is 0 Å². The Bertz CT molecular complexity index is 2370. The first kappa shape index (κ1) is 96.7. The van der Waals surface area contributed by atoms with Crippen LogP contribution in [0.15, 0.2) is 77.9 Å². The maximum absolute atomic E-state index is 5.40. The van der Waals surface area contributed by atoms with E-state index < -0.39 is 0 Å². The second kappa shape index (κ2) is 71.2. The molecule has 1 heterocycles. The number of unbranched alkanes of at least 4 members (excludes halogenated alkanes) is 54. The van der Waals surface area contributed by atoms with Gasteiger partial charge in [0.2, 0.25) is 11.9 Å². The summed E-state index contributed by atoms with van der Waals surface area (Å²) < 4.78 is 0. The summed E-state index contributed by atoms with van der Waals surface area (Å²) in [5.41, 5.74) is 4.36. The van der Waals surface area contributed by atoms with Crippen LogP contribution in [0.4, 0.5) is 23.3 Å². The van der Waals surface area contributed by atoms with Crippen molar-refractivity contribution >= 4 is 93.8 Å². The lowest BCUT2D eigenvalue weighted by atomic mass is 10.1. The van der Waals surface area contributed by atoms with Gasteiger partial charge in [-0.25, -0.2) is 0 Å². The number of aromatic nitrogens is 3. The standard InChI is InChI=1S/C95H164N5S6/c1-8-15-21-27-33-39-45-51-57-63-73-101-87-79-85(80-88(102-74-64-58-52-46-40-34-28-22-16-9-2)91(87)105-77-67-61-55-49-43-37-31-25-19-12-5)96-94-98-93(84-71-69-83(14-7)70-72-84)99-95(100-94)97-86-81-89(103-75-65-59-53-47-41-35-29-23-17-10-3)92(106-78-68-62-56-50-44-38-32-26-20-13-6)90(82-86)104-76-66-60-54-48-42-36-30-24-18-11-4/h69-72,79-82H,7-68,73-78H2,1-6H3,(H2,96,97,98,99,100). The summed E-state index contributed by atoms with van der Waals surface area (Å²) in [4.78, 5) is 24.8. The molecule has 3 aromatic carbocycles. The minimum Gasteiger partial charge on any atom is -0.324 e. The Morgan fingerprint density at radius 3 is 0.651 bits per heavy atom. The highest BCUT2D eigenvalue weighted by Gasteiger charge is 2.19. The lowest BCUT2D eigenvalue weighted by molar-refractivity contribution is 0.563. The molecule has 1 aromatic heterocycles. The molecule has 11 heteroatoms. The topological polar surface area (TPSA) is 62.7 Å². The van der Waals surface area contributed by atoms with Gasteiger partial charge in [-0.3, -0.25) is 0 Å². The van der Waals surface area contributed by atoms with Crippen molar-refractivity contribution in [1.29, 1.82) is 0 Å². The number of thioether (sulfide) groups is 6. The minimum absolute atomic E-state index is 0.588. The van der Waals surface area contributed by atoms with E-state index >= 15 is 0 Å². The second-order valence-corrected chi connectivity index (χ2v) is 38.0. The van der Waals surface area contributed by atoms with E-state index in [1.165, 1.54) is 432 Å². The summed E-state index contributed by atoms with van der Waals surface area (Å²) >= 11 is 12.7. The van der Waals surface area contributed by atoms with Crippen LogP contribution in [-0.4, -0.2) is 49.5 Å². The smallest absolute Gasteiger partial charge is 0.232 e. The third-order valence-electron chi connectivity index (χ3n) is 21.2. The lowest BCUT2D eigenvalue weighted by Crippen LogP contribution is -2.06. The van der Waals surface area contributed by atoms with Gasteiger partial charge in [0.15, 0.2) is 5.82 Å². The number of nitrogens with zero attached hydrogens (tertiary/aromatic N) is 3. The average Bonchev–Trinajstić information content (AvgIpc) is 0.807. The molecule has 0 amide bonds. The van der Waals surface area contributed by atoms with Gasteiger partial charge in [-0.05, 0) is 116 Å². The van der Waals surface area contributed by atoms with Crippen molar-refractivity contribution in [3.63, 3.8) is 0 Å². The number of benzene rings is 3. The normalized spacial score (nSPS) is 11.7. The molecule has 0 atom stereocenters. The van der Waals surface area contributed by atoms with E-state index in [-0.39, 0.29) is 0 Å². The quantitative estimate of drug-likeness (QED) is 0.0328. The molecule has 605 valence electrons. The Hall–Kier alpha value is -1.63. The third-order valence-corrected chi connectivity index (χ3v) is 28.7. The molecule has 0 unspecified atom stereocenters. The SMILES string of the molecule is [CH2]Cc1ccc(-c2nc(Nc3cc(SCCCCCCCCCCCC)c(SCCCCCCCCCCCC)c(SCCCCCCCCCCCC)c3)nc(Nc3cc(SCCCCCCCCCCCC)c(SCCCCCCCCCCCC)c(SCCCCCCCCCCCC)c3)n2)cc1. The molecule has 4 aromatic rings. The fourth-order valence-corrected chi connectivity index (χ4v) is 21.9. The Kier molecular flexibility index (Phi) is 65.0. The van der Waals surface area contributed by atoms with E-state index in [1.54, 1.807) is 0 Å². The van der Waals surface area contributed by atoms with Crippen LogP contribution in [0.25, 0.3) is 11.4 Å². The molecule has 0 spiro atoms. The van der Waals surface area contributed by atoms with Crippen LogP contribution in [0.3, 0.4) is 0 Å². The minimum atomic E-state index is 0.588. The number of nitrogens with one attached hydrogen (secondary N) is 2. The monoisotopic (exact) mass is 1570 g/mol. The van der Waals surface area contributed by atoms with Crippen molar-refractivity contribution in [3.8, 4) is 11.4 Å². The molecular weight excluding hydrogens is 1400 g/mol. The van der Waals surface area contributed by atoms with Crippen LogP contribution in [0.1, 0.15) is 432 Å². The fourth-order valence-electron chi connectivity index (χ4n) is 14.3. The molecule has 1 radical (unpaired) electrons. The maximum atomic E-state index is 5.40. The van der Waals surface area contributed by atoms with Crippen LogP contribution in [0, 0.1) is 6.92 Å². The van der Waals surface area contributed by atoms with Gasteiger partial charge in [0.1, 0.15) is 0 Å². The Morgan fingerprint density at radius 2 is 0.443 bits per heavy atom. The third kappa shape index (κ3) is 50.5. The van der Waals surface area contributed by atoms with E-state index in [0.29, 0.717) is 17.7 Å². The van der Waals surface area contributed by atoms with Gasteiger partial charge in [0, 0.05) is 46.3 Å². The molecular formula is C95H164N5S6. The van der Waals surface area contributed by atoms with Crippen molar-refractivity contribution in [2.24, 2.45) is 0 Å². The van der Waals surface area contributed by atoms with Gasteiger partial charge in [-0.15, -0.1) is 70.6 Å². The predicted molar refractivity (Wildman–Crippen MR) is 489 cm³/mol. The van der Waals surface area contributed by atoms with E-state index in [9.17, 15) is 0 Å². The Morgan fingerprint density at radius 1 is 0.245 bits per heavy atom. The van der Waals surface area contributed by atoms with Crippen molar-refractivity contribution in [2.75, 3.05) is 45.2 Å². The molecule has 0 aliphatic rings. The lowest BCUT2D eigenvalue weighted by Gasteiger charge is -2.19. The number of hydrogen-bond acceptors (Lipinski definition) is 11. The zero-order valence-electron chi connectivity index (χ0n) is 70.0. The highest BCUT2D eigenvalue weighted by Crippen LogP contribution is 2.45. The molecule has 0 fully saturated rings. The summed E-state index contributed by atoms with van der Waals surface area (Å²) in [6, 6.07) is 18.6. The first-order valence-electron chi connectivity index (χ1n) is 45.8. The summed E-state index contributed by atoms with van der Waals surface area (Å²) in [6.45, 7) is 18.2. The molecule has 0 aliphatic heterocycles. The number of hydrogen-bond donors (Lipinski definition) is 2. The molecule has 0 saturated heterocycles. The summed E-state index contributed by atoms with van der Waals surface area (Å²) in [5, 5.41) is 7.85. The molecule has 4 rings (SSSR count). The summed E-state index contributed by atoms with van der Waals surface area (Å²) in [6.07, 6.45) is 82.8. The summed E-state index contributed by atoms with van der Waals surface area (Å²) in [5.74, 6) is 8.81. The van der Waals surface area contributed by atoms with Crippen molar-refractivity contribution in [2.45, 2.75) is 463 Å². The van der Waals surface area contributed by atoms with Crippen LogP contribution in [0.2, 0.25) is 0 Å². The fraction of sp³-hybridized carbons (Fsp3) is 0.768. The van der Waals surface area contributed by atoms with Crippen molar-refractivity contribution < 1.29 is 0 Å². The zero-order valence-corrected chi connectivity index (χ0v) is 74.9. The largest absolute Gasteiger partial charge is 0.324 e. The molecule has 0 bridgehead atoms. The molecule has 2 N–H and O–H groups in total. The Balaban J connectivity index is 1.74. The first-order chi connectivity index (χ1) is 52.5. The molecule has 0 aliphatic carbocycles. The van der Waals surface area contributed by atoms with Gasteiger partial charge in [-0.2, -0.15) is 15.0 Å². The highest BCUT2D eigenvalue weighted by molar-refractivity contribution is 8.04. The first-order valence-corrected chi connectivity index (χ1v) is 51.7. The van der Waals surface area contributed by atoms with Crippen LogP contribution >= 0.6 is 70.6 Å². The molecule has 0 saturated carbocycles. The van der Waals surface area contributed by atoms with E-state index in [4.69, 9.17) is 15.0 Å².